The lowest BCUT2D eigenvalue weighted by Gasteiger charge is -2.38. The molecule has 12 nitrogen and oxygen atoms in total. The van der Waals surface area contributed by atoms with Gasteiger partial charge in [0.15, 0.2) is 11.5 Å². The SMILES string of the molecule is CC[C@@H](C)[C@H](Nc1ccc2c(cc1=O)[C@@H](NC(C)=O)CCc1cc(OC)c(OC)c(OC)c1-2)C(=O)N1CCN(c2nc3ccccc3n2C)CC1. The maximum atomic E-state index is 14.2. The summed E-state index contributed by atoms with van der Waals surface area (Å²) in [5.74, 6) is 2.05. The van der Waals surface area contributed by atoms with Gasteiger partial charge in [0.2, 0.25) is 28.9 Å². The zero-order valence-corrected chi connectivity index (χ0v) is 30.5. The first-order chi connectivity index (χ1) is 24.6. The van der Waals surface area contributed by atoms with Gasteiger partial charge in [0.05, 0.1) is 44.1 Å². The summed E-state index contributed by atoms with van der Waals surface area (Å²) in [6, 6.07) is 14.1. The number of aryl methyl sites for hydroxylation is 2. The summed E-state index contributed by atoms with van der Waals surface area (Å²) in [4.78, 5) is 49.7. The molecule has 3 aromatic carbocycles. The molecule has 1 saturated heterocycles. The normalized spacial score (nSPS) is 16.7. The Morgan fingerprint density at radius 1 is 0.980 bits per heavy atom. The highest BCUT2D eigenvalue weighted by Gasteiger charge is 2.33. The number of ether oxygens (including phenoxy) is 3. The van der Waals surface area contributed by atoms with Gasteiger partial charge >= 0.3 is 0 Å². The number of aromatic nitrogens is 2. The van der Waals surface area contributed by atoms with E-state index < -0.39 is 12.1 Å². The van der Waals surface area contributed by atoms with Gasteiger partial charge < -0.3 is 39.2 Å². The second kappa shape index (κ2) is 14.9. The molecule has 2 amide bonds. The fourth-order valence-corrected chi connectivity index (χ4v) is 7.42. The smallest absolute Gasteiger partial charge is 0.245 e. The number of nitrogens with one attached hydrogen (secondary N) is 2. The lowest BCUT2D eigenvalue weighted by molar-refractivity contribution is -0.133. The second-order valence-electron chi connectivity index (χ2n) is 13.4. The molecular formula is C39H48N6O6. The molecule has 51 heavy (non-hydrogen) atoms. The van der Waals surface area contributed by atoms with E-state index in [2.05, 4.69) is 26.2 Å². The number of carbonyl (C=O) groups excluding carboxylic acids is 2. The molecule has 12 heteroatoms. The number of anilines is 2. The number of benzene rings is 2. The largest absolute Gasteiger partial charge is 0.493 e. The molecule has 2 N–H and O–H groups in total. The first-order valence-electron chi connectivity index (χ1n) is 17.6. The van der Waals surface area contributed by atoms with Crippen LogP contribution in [0.1, 0.15) is 50.8 Å². The number of rotatable bonds is 10. The number of hydrogen-bond donors (Lipinski definition) is 2. The number of carbonyl (C=O) groups is 2. The minimum Gasteiger partial charge on any atom is -0.493 e. The first-order valence-corrected chi connectivity index (χ1v) is 17.6. The Morgan fingerprint density at radius 3 is 2.35 bits per heavy atom. The third-order valence-corrected chi connectivity index (χ3v) is 10.3. The van der Waals surface area contributed by atoms with Crippen LogP contribution in [0.15, 0.2) is 53.3 Å². The van der Waals surface area contributed by atoms with Gasteiger partial charge in [0.25, 0.3) is 0 Å². The molecule has 1 aliphatic heterocycles. The third kappa shape index (κ3) is 6.79. The Hall–Kier alpha value is -5.26. The third-order valence-electron chi connectivity index (χ3n) is 10.3. The van der Waals surface area contributed by atoms with Crippen LogP contribution >= 0.6 is 0 Å². The molecule has 1 fully saturated rings. The Labute approximate surface area is 298 Å². The van der Waals surface area contributed by atoms with E-state index in [1.807, 2.05) is 56.1 Å². The minimum atomic E-state index is -0.621. The van der Waals surface area contributed by atoms with Crippen molar-refractivity contribution in [2.24, 2.45) is 13.0 Å². The Kier molecular flexibility index (Phi) is 10.4. The number of nitrogens with zero attached hydrogens (tertiary/aromatic N) is 4. The summed E-state index contributed by atoms with van der Waals surface area (Å²) >= 11 is 0. The zero-order valence-electron chi connectivity index (χ0n) is 30.5. The number of methoxy groups -OCH3 is 3. The van der Waals surface area contributed by atoms with Gasteiger partial charge in [-0.15, -0.1) is 0 Å². The molecule has 2 aliphatic rings. The highest BCUT2D eigenvalue weighted by molar-refractivity contribution is 5.87. The van der Waals surface area contributed by atoms with Gasteiger partial charge in [-0.3, -0.25) is 14.4 Å². The van der Waals surface area contributed by atoms with Crippen molar-refractivity contribution >= 4 is 34.5 Å². The number of piperazine rings is 1. The van der Waals surface area contributed by atoms with Crippen LogP contribution < -0.4 is 35.2 Å². The fourth-order valence-electron chi connectivity index (χ4n) is 7.42. The number of hydrogen-bond acceptors (Lipinski definition) is 9. The highest BCUT2D eigenvalue weighted by atomic mass is 16.5. The van der Waals surface area contributed by atoms with Crippen LogP contribution in [0.25, 0.3) is 22.2 Å². The standard InChI is InChI=1S/C39H48N6O6/c1-8-23(2)35(38(48)44-17-19-45(20-18-44)39-42-29-11-9-10-12-31(29)43(39)4)41-30-16-14-26-27(22-32(30)47)28(40-24(3)46)15-13-25-21-33(49-5)36(50-6)37(51-7)34(25)26/h9-12,14,16,21-23,28,35H,8,13,15,17-20H2,1-7H3,(H,40,46)(H,41,47)/t23-,28+,35+/m1/s1. The summed E-state index contributed by atoms with van der Waals surface area (Å²) in [7, 11) is 6.72. The molecule has 4 aromatic rings. The van der Waals surface area contributed by atoms with Crippen LogP contribution in [0.3, 0.4) is 0 Å². The predicted octanol–water partition coefficient (Wildman–Crippen LogP) is 4.93. The summed E-state index contributed by atoms with van der Waals surface area (Å²) in [5, 5.41) is 6.43. The lowest BCUT2D eigenvalue weighted by Crippen LogP contribution is -2.54. The van der Waals surface area contributed by atoms with E-state index in [0.717, 1.165) is 40.1 Å². The van der Waals surface area contributed by atoms with Crippen molar-refractivity contribution in [2.45, 2.75) is 52.1 Å². The molecule has 0 unspecified atom stereocenters. The van der Waals surface area contributed by atoms with Crippen LogP contribution in [0.2, 0.25) is 0 Å². The first kappa shape index (κ1) is 35.6. The van der Waals surface area contributed by atoms with Gasteiger partial charge in [0.1, 0.15) is 6.04 Å². The molecule has 0 spiro atoms. The van der Waals surface area contributed by atoms with E-state index in [4.69, 9.17) is 19.2 Å². The van der Waals surface area contributed by atoms with E-state index in [1.54, 1.807) is 33.5 Å². The predicted molar refractivity (Wildman–Crippen MR) is 199 cm³/mol. The molecule has 0 radical (unpaired) electrons. The topological polar surface area (TPSA) is 127 Å². The molecule has 3 atom stereocenters. The van der Waals surface area contributed by atoms with E-state index in [9.17, 15) is 14.4 Å². The second-order valence-corrected chi connectivity index (χ2v) is 13.4. The van der Waals surface area contributed by atoms with E-state index in [1.165, 1.54) is 6.92 Å². The molecule has 1 aliphatic carbocycles. The van der Waals surface area contributed by atoms with Crippen molar-refractivity contribution in [3.8, 4) is 28.4 Å². The number of amides is 2. The van der Waals surface area contributed by atoms with Gasteiger partial charge in [-0.05, 0) is 65.8 Å². The van der Waals surface area contributed by atoms with Crippen LogP contribution in [-0.2, 0) is 23.1 Å². The van der Waals surface area contributed by atoms with Crippen LogP contribution in [0.5, 0.6) is 17.2 Å². The summed E-state index contributed by atoms with van der Waals surface area (Å²) in [6.07, 6.45) is 1.89. The molecule has 270 valence electrons. The highest BCUT2D eigenvalue weighted by Crippen LogP contribution is 2.50. The molecule has 0 bridgehead atoms. The Balaban J connectivity index is 1.33. The number of para-hydroxylation sites is 2. The van der Waals surface area contributed by atoms with Crippen LogP contribution in [0.4, 0.5) is 11.6 Å². The maximum Gasteiger partial charge on any atom is 0.245 e. The van der Waals surface area contributed by atoms with Gasteiger partial charge in [-0.25, -0.2) is 4.98 Å². The Bertz CT molecular complexity index is 2000. The van der Waals surface area contributed by atoms with E-state index >= 15 is 0 Å². The van der Waals surface area contributed by atoms with Crippen molar-refractivity contribution in [1.82, 2.24) is 19.8 Å². The van der Waals surface area contributed by atoms with Crippen LogP contribution in [0, 0.1) is 5.92 Å². The molecule has 2 heterocycles. The van der Waals surface area contributed by atoms with Gasteiger partial charge in [-0.2, -0.15) is 0 Å². The van der Waals surface area contributed by atoms with Crippen molar-refractivity contribution in [1.29, 1.82) is 0 Å². The van der Waals surface area contributed by atoms with Gasteiger partial charge in [0, 0.05) is 45.7 Å². The summed E-state index contributed by atoms with van der Waals surface area (Å²) in [5.41, 5.74) is 5.15. The van der Waals surface area contributed by atoms with E-state index in [0.29, 0.717) is 67.5 Å². The quantitative estimate of drug-likeness (QED) is 0.238. The van der Waals surface area contributed by atoms with E-state index in [-0.39, 0.29) is 23.2 Å². The summed E-state index contributed by atoms with van der Waals surface area (Å²) < 4.78 is 19.4. The average molecular weight is 697 g/mol. The van der Waals surface area contributed by atoms with Gasteiger partial charge in [-0.1, -0.05) is 38.5 Å². The monoisotopic (exact) mass is 696 g/mol. The summed E-state index contributed by atoms with van der Waals surface area (Å²) in [6.45, 7) is 7.92. The molecule has 1 aromatic heterocycles. The van der Waals surface area contributed by atoms with Crippen molar-refractivity contribution in [3.05, 3.63) is 69.9 Å². The van der Waals surface area contributed by atoms with Crippen molar-refractivity contribution in [2.75, 3.05) is 57.7 Å². The average Bonchev–Trinajstić information content (AvgIpc) is 3.30. The molecular weight excluding hydrogens is 648 g/mol. The van der Waals surface area contributed by atoms with Crippen molar-refractivity contribution in [3.63, 3.8) is 0 Å². The zero-order chi connectivity index (χ0) is 36.4. The minimum absolute atomic E-state index is 0.0403. The van der Waals surface area contributed by atoms with Crippen LogP contribution in [-0.4, -0.2) is 79.8 Å². The Morgan fingerprint density at radius 2 is 1.71 bits per heavy atom. The fraction of sp³-hybridized carbons (Fsp3) is 0.436. The number of imidazole rings is 1. The molecule has 0 saturated carbocycles. The lowest BCUT2D eigenvalue weighted by atomic mass is 9.95. The van der Waals surface area contributed by atoms with Crippen molar-refractivity contribution < 1.29 is 23.8 Å². The maximum absolute atomic E-state index is 14.2. The number of fused-ring (bicyclic) bond motifs is 4. The molecule has 6 rings (SSSR count).